The smallest absolute Gasteiger partial charge is 0.0823 e. The molecule has 0 heterocycles. The van der Waals surface area contributed by atoms with E-state index in [2.05, 4.69) is 5.32 Å². The second-order valence-corrected chi connectivity index (χ2v) is 3.39. The molecule has 0 atom stereocenters. The van der Waals surface area contributed by atoms with E-state index < -0.39 is 0 Å². The zero-order valence-electron chi connectivity index (χ0n) is 7.06. The summed E-state index contributed by atoms with van der Waals surface area (Å²) >= 11 is 11.7. The van der Waals surface area contributed by atoms with Gasteiger partial charge < -0.3 is 10.4 Å². The Labute approximate surface area is 87.5 Å². The van der Waals surface area contributed by atoms with E-state index in [1.807, 2.05) is 12.1 Å². The first-order valence-electron chi connectivity index (χ1n) is 4.04. The summed E-state index contributed by atoms with van der Waals surface area (Å²) in [5, 5.41) is 12.7. The molecule has 2 N–H and O–H groups in total. The monoisotopic (exact) mass is 219 g/mol. The van der Waals surface area contributed by atoms with Gasteiger partial charge in [-0.25, -0.2) is 0 Å². The maximum absolute atomic E-state index is 8.57. The molecular weight excluding hydrogens is 209 g/mol. The number of anilines is 1. The van der Waals surface area contributed by atoms with Crippen LogP contribution in [0, 0.1) is 0 Å². The first-order chi connectivity index (χ1) is 6.25. The first-order valence-corrected chi connectivity index (χ1v) is 4.80. The molecule has 0 radical (unpaired) electrons. The highest BCUT2D eigenvalue weighted by Gasteiger charge is 2.02. The van der Waals surface area contributed by atoms with Gasteiger partial charge in [0.25, 0.3) is 0 Å². The molecule has 0 unspecified atom stereocenters. The molecule has 0 aliphatic rings. The molecule has 13 heavy (non-hydrogen) atoms. The van der Waals surface area contributed by atoms with Crippen molar-refractivity contribution in [2.45, 2.75) is 6.42 Å². The minimum Gasteiger partial charge on any atom is -0.396 e. The van der Waals surface area contributed by atoms with Crippen LogP contribution in [-0.2, 0) is 0 Å². The van der Waals surface area contributed by atoms with Crippen molar-refractivity contribution < 1.29 is 5.11 Å². The molecular formula is C9H11Cl2NO. The Morgan fingerprint density at radius 2 is 2.08 bits per heavy atom. The largest absolute Gasteiger partial charge is 0.396 e. The van der Waals surface area contributed by atoms with Crippen molar-refractivity contribution in [2.24, 2.45) is 0 Å². The summed E-state index contributed by atoms with van der Waals surface area (Å²) in [4.78, 5) is 0. The highest BCUT2D eigenvalue weighted by molar-refractivity contribution is 6.43. The quantitative estimate of drug-likeness (QED) is 0.764. The molecule has 0 saturated heterocycles. The summed E-state index contributed by atoms with van der Waals surface area (Å²) in [6, 6.07) is 5.42. The van der Waals surface area contributed by atoms with Gasteiger partial charge in [0, 0.05) is 13.2 Å². The molecule has 0 aromatic heterocycles. The Morgan fingerprint density at radius 1 is 1.31 bits per heavy atom. The fourth-order valence-electron chi connectivity index (χ4n) is 0.942. The minimum atomic E-state index is 0.172. The van der Waals surface area contributed by atoms with Crippen LogP contribution in [0.15, 0.2) is 18.2 Å². The number of halogens is 2. The van der Waals surface area contributed by atoms with E-state index >= 15 is 0 Å². The second kappa shape index (κ2) is 5.32. The Kier molecular flexibility index (Phi) is 4.36. The number of hydrogen-bond acceptors (Lipinski definition) is 2. The third-order valence-electron chi connectivity index (χ3n) is 1.60. The van der Waals surface area contributed by atoms with E-state index in [-0.39, 0.29) is 6.61 Å². The van der Waals surface area contributed by atoms with Crippen LogP contribution in [0.4, 0.5) is 5.69 Å². The number of rotatable bonds is 4. The summed E-state index contributed by atoms with van der Waals surface area (Å²) < 4.78 is 0. The van der Waals surface area contributed by atoms with Gasteiger partial charge in [-0.15, -0.1) is 0 Å². The molecule has 1 aromatic rings. The predicted molar refractivity (Wildman–Crippen MR) is 56.7 cm³/mol. The predicted octanol–water partition coefficient (Wildman–Crippen LogP) is 2.79. The summed E-state index contributed by atoms with van der Waals surface area (Å²) in [6.07, 6.45) is 0.697. The highest BCUT2D eigenvalue weighted by atomic mass is 35.5. The zero-order valence-corrected chi connectivity index (χ0v) is 8.57. The van der Waals surface area contributed by atoms with E-state index in [1.165, 1.54) is 0 Å². The SMILES string of the molecule is OCCCNc1cccc(Cl)c1Cl. The fraction of sp³-hybridized carbons (Fsp3) is 0.333. The van der Waals surface area contributed by atoms with Crippen LogP contribution in [0.3, 0.4) is 0 Å². The molecule has 0 saturated carbocycles. The van der Waals surface area contributed by atoms with Gasteiger partial charge in [-0.1, -0.05) is 29.3 Å². The van der Waals surface area contributed by atoms with Crippen molar-refractivity contribution in [1.29, 1.82) is 0 Å². The van der Waals surface area contributed by atoms with Crippen molar-refractivity contribution in [2.75, 3.05) is 18.5 Å². The van der Waals surface area contributed by atoms with Crippen LogP contribution in [-0.4, -0.2) is 18.3 Å². The van der Waals surface area contributed by atoms with Crippen LogP contribution >= 0.6 is 23.2 Å². The first kappa shape index (κ1) is 10.6. The number of aliphatic hydroxyl groups excluding tert-OH is 1. The van der Waals surface area contributed by atoms with Gasteiger partial charge in [0.1, 0.15) is 0 Å². The van der Waals surface area contributed by atoms with Crippen LogP contribution < -0.4 is 5.32 Å². The van der Waals surface area contributed by atoms with Crippen LogP contribution in [0.5, 0.6) is 0 Å². The Bertz CT molecular complexity index is 278. The van der Waals surface area contributed by atoms with E-state index in [0.717, 1.165) is 5.69 Å². The second-order valence-electron chi connectivity index (χ2n) is 2.61. The lowest BCUT2D eigenvalue weighted by Crippen LogP contribution is -2.03. The number of nitrogens with one attached hydrogen (secondary N) is 1. The van der Waals surface area contributed by atoms with Gasteiger partial charge in [0.15, 0.2) is 0 Å². The van der Waals surface area contributed by atoms with E-state index in [9.17, 15) is 0 Å². The van der Waals surface area contributed by atoms with Crippen molar-refractivity contribution in [3.63, 3.8) is 0 Å². The molecule has 0 aliphatic carbocycles. The van der Waals surface area contributed by atoms with Crippen molar-refractivity contribution >= 4 is 28.9 Å². The lowest BCUT2D eigenvalue weighted by molar-refractivity contribution is 0.292. The normalized spacial score (nSPS) is 10.1. The lowest BCUT2D eigenvalue weighted by Gasteiger charge is -2.07. The molecule has 0 aliphatic heterocycles. The fourth-order valence-corrected chi connectivity index (χ4v) is 1.31. The molecule has 0 bridgehead atoms. The molecule has 0 spiro atoms. The summed E-state index contributed by atoms with van der Waals surface area (Å²) in [5.41, 5.74) is 0.808. The molecule has 0 amide bonds. The molecule has 4 heteroatoms. The lowest BCUT2D eigenvalue weighted by atomic mass is 10.3. The van der Waals surface area contributed by atoms with Crippen molar-refractivity contribution in [3.05, 3.63) is 28.2 Å². The van der Waals surface area contributed by atoms with Crippen LogP contribution in [0.1, 0.15) is 6.42 Å². The van der Waals surface area contributed by atoms with E-state index in [0.29, 0.717) is 23.0 Å². The van der Waals surface area contributed by atoms with Crippen molar-refractivity contribution in [3.8, 4) is 0 Å². The Hall–Kier alpha value is -0.440. The minimum absolute atomic E-state index is 0.172. The van der Waals surface area contributed by atoms with Gasteiger partial charge in [-0.3, -0.25) is 0 Å². The van der Waals surface area contributed by atoms with Crippen LogP contribution in [0.25, 0.3) is 0 Å². The van der Waals surface area contributed by atoms with Crippen molar-refractivity contribution in [1.82, 2.24) is 0 Å². The Morgan fingerprint density at radius 3 is 2.77 bits per heavy atom. The Balaban J connectivity index is 2.61. The van der Waals surface area contributed by atoms with Gasteiger partial charge in [-0.05, 0) is 18.6 Å². The van der Waals surface area contributed by atoms with Gasteiger partial charge in [0.2, 0.25) is 0 Å². The average molecular weight is 220 g/mol. The molecule has 1 aromatic carbocycles. The maximum atomic E-state index is 8.57. The standard InChI is InChI=1S/C9H11Cl2NO/c10-7-3-1-4-8(9(7)11)12-5-2-6-13/h1,3-4,12-13H,2,5-6H2. The summed E-state index contributed by atoms with van der Waals surface area (Å²) in [5.74, 6) is 0. The topological polar surface area (TPSA) is 32.3 Å². The number of aliphatic hydroxyl groups is 1. The average Bonchev–Trinajstić information content (AvgIpc) is 2.13. The van der Waals surface area contributed by atoms with Gasteiger partial charge in [0.05, 0.1) is 15.7 Å². The zero-order chi connectivity index (χ0) is 9.68. The maximum Gasteiger partial charge on any atom is 0.0823 e. The third kappa shape index (κ3) is 3.07. The van der Waals surface area contributed by atoms with Gasteiger partial charge in [-0.2, -0.15) is 0 Å². The van der Waals surface area contributed by atoms with Crippen LogP contribution in [0.2, 0.25) is 10.0 Å². The van der Waals surface area contributed by atoms with E-state index in [4.69, 9.17) is 28.3 Å². The molecule has 0 fully saturated rings. The van der Waals surface area contributed by atoms with Gasteiger partial charge >= 0.3 is 0 Å². The highest BCUT2D eigenvalue weighted by Crippen LogP contribution is 2.29. The molecule has 72 valence electrons. The number of hydrogen-bond donors (Lipinski definition) is 2. The van der Waals surface area contributed by atoms with E-state index in [1.54, 1.807) is 6.07 Å². The summed E-state index contributed by atoms with van der Waals surface area (Å²) in [7, 11) is 0. The summed E-state index contributed by atoms with van der Waals surface area (Å²) in [6.45, 7) is 0.863. The number of benzene rings is 1. The third-order valence-corrected chi connectivity index (χ3v) is 2.42. The molecule has 2 nitrogen and oxygen atoms in total. The molecule has 1 rings (SSSR count).